The maximum atomic E-state index is 11.5. The molecule has 2 rings (SSSR count). The molecule has 0 amide bonds. The highest BCUT2D eigenvalue weighted by Crippen LogP contribution is 2.22. The van der Waals surface area contributed by atoms with Gasteiger partial charge in [0.1, 0.15) is 12.4 Å². The summed E-state index contributed by atoms with van der Waals surface area (Å²) in [5, 5.41) is 7.02. The van der Waals surface area contributed by atoms with Gasteiger partial charge < -0.3 is 20.1 Å². The van der Waals surface area contributed by atoms with Crippen molar-refractivity contribution < 1.29 is 14.3 Å². The molecular formula is C17H17ClN2O3S. The first-order chi connectivity index (χ1) is 11.6. The van der Waals surface area contributed by atoms with Crippen LogP contribution in [0.4, 0.5) is 5.69 Å². The standard InChI is InChI=1S/C17H17ClN2O3S/c1-22-16(21)12-5-4-6-13(11-12)20-17(24)19-9-10-23-15-8-3-2-7-14(15)18/h2-8,11H,9-10H2,1H3,(H2,19,20,24). The minimum Gasteiger partial charge on any atom is -0.490 e. The number of hydrogen-bond acceptors (Lipinski definition) is 4. The van der Waals surface area contributed by atoms with Crippen LogP contribution in [0.1, 0.15) is 10.4 Å². The summed E-state index contributed by atoms with van der Waals surface area (Å²) < 4.78 is 10.2. The van der Waals surface area contributed by atoms with Gasteiger partial charge in [-0.05, 0) is 42.5 Å². The van der Waals surface area contributed by atoms with E-state index in [1.165, 1.54) is 7.11 Å². The van der Waals surface area contributed by atoms with Crippen molar-refractivity contribution >= 4 is 40.6 Å². The van der Waals surface area contributed by atoms with E-state index in [1.54, 1.807) is 36.4 Å². The fourth-order valence-corrected chi connectivity index (χ4v) is 2.31. The van der Waals surface area contributed by atoms with Gasteiger partial charge in [-0.1, -0.05) is 29.8 Å². The largest absolute Gasteiger partial charge is 0.490 e. The van der Waals surface area contributed by atoms with Gasteiger partial charge in [0.25, 0.3) is 0 Å². The lowest BCUT2D eigenvalue weighted by molar-refractivity contribution is 0.0601. The Morgan fingerprint density at radius 3 is 2.75 bits per heavy atom. The van der Waals surface area contributed by atoms with Gasteiger partial charge in [0.15, 0.2) is 5.11 Å². The third kappa shape index (κ3) is 5.40. The highest BCUT2D eigenvalue weighted by molar-refractivity contribution is 7.80. The number of esters is 1. The highest BCUT2D eigenvalue weighted by atomic mass is 35.5. The van der Waals surface area contributed by atoms with Crippen molar-refractivity contribution in [1.29, 1.82) is 0 Å². The number of hydrogen-bond donors (Lipinski definition) is 2. The van der Waals surface area contributed by atoms with Crippen molar-refractivity contribution in [2.45, 2.75) is 0 Å². The van der Waals surface area contributed by atoms with Gasteiger partial charge in [0.2, 0.25) is 0 Å². The molecule has 2 aromatic rings. The molecule has 0 fully saturated rings. The molecule has 0 saturated carbocycles. The van der Waals surface area contributed by atoms with E-state index >= 15 is 0 Å². The van der Waals surface area contributed by atoms with Crippen molar-refractivity contribution in [2.75, 3.05) is 25.6 Å². The normalized spacial score (nSPS) is 9.92. The fraction of sp³-hybridized carbons (Fsp3) is 0.176. The Bertz CT molecular complexity index is 724. The van der Waals surface area contributed by atoms with Crippen LogP contribution in [-0.2, 0) is 4.74 Å². The summed E-state index contributed by atoms with van der Waals surface area (Å²) in [4.78, 5) is 11.5. The minimum atomic E-state index is -0.398. The molecule has 5 nitrogen and oxygen atoms in total. The average Bonchev–Trinajstić information content (AvgIpc) is 2.59. The molecule has 2 N–H and O–H groups in total. The zero-order valence-electron chi connectivity index (χ0n) is 13.0. The lowest BCUT2D eigenvalue weighted by Gasteiger charge is -2.12. The van der Waals surface area contributed by atoms with Crippen LogP contribution < -0.4 is 15.4 Å². The first-order valence-electron chi connectivity index (χ1n) is 7.20. The number of benzene rings is 2. The van der Waals surface area contributed by atoms with E-state index in [9.17, 15) is 4.79 Å². The molecule has 0 radical (unpaired) electrons. The second kappa shape index (κ2) is 9.10. The Morgan fingerprint density at radius 1 is 1.21 bits per heavy atom. The van der Waals surface area contributed by atoms with Crippen LogP contribution >= 0.6 is 23.8 Å². The third-order valence-electron chi connectivity index (χ3n) is 3.02. The second-order valence-electron chi connectivity index (χ2n) is 4.73. The molecular weight excluding hydrogens is 348 g/mol. The maximum Gasteiger partial charge on any atom is 0.337 e. The zero-order valence-corrected chi connectivity index (χ0v) is 14.6. The molecule has 126 valence electrons. The molecule has 0 aliphatic carbocycles. The average molecular weight is 365 g/mol. The Morgan fingerprint density at radius 2 is 2.00 bits per heavy atom. The van der Waals surface area contributed by atoms with E-state index in [0.717, 1.165) is 0 Å². The maximum absolute atomic E-state index is 11.5. The monoisotopic (exact) mass is 364 g/mol. The quantitative estimate of drug-likeness (QED) is 0.465. The van der Waals surface area contributed by atoms with E-state index in [2.05, 4.69) is 15.4 Å². The molecule has 0 heterocycles. The van der Waals surface area contributed by atoms with Gasteiger partial charge in [-0.25, -0.2) is 4.79 Å². The molecule has 2 aromatic carbocycles. The topological polar surface area (TPSA) is 59.6 Å². The predicted molar refractivity (Wildman–Crippen MR) is 99.0 cm³/mol. The molecule has 0 atom stereocenters. The number of nitrogens with one attached hydrogen (secondary N) is 2. The minimum absolute atomic E-state index is 0.398. The Kier molecular flexibility index (Phi) is 6.84. The fourth-order valence-electron chi connectivity index (χ4n) is 1.90. The Labute approximate surface area is 150 Å². The Balaban J connectivity index is 1.77. The first kappa shape index (κ1) is 18.0. The summed E-state index contributed by atoms with van der Waals surface area (Å²) in [5.74, 6) is 0.233. The summed E-state index contributed by atoms with van der Waals surface area (Å²) in [6, 6.07) is 14.2. The smallest absolute Gasteiger partial charge is 0.337 e. The van der Waals surface area contributed by atoms with Crippen LogP contribution in [0.15, 0.2) is 48.5 Å². The third-order valence-corrected chi connectivity index (χ3v) is 3.58. The van der Waals surface area contributed by atoms with Gasteiger partial charge in [-0.3, -0.25) is 0 Å². The van der Waals surface area contributed by atoms with Crippen LogP contribution in [0.2, 0.25) is 5.02 Å². The number of carbonyl (C=O) groups is 1. The number of thiocarbonyl (C=S) groups is 1. The molecule has 0 aromatic heterocycles. The van der Waals surface area contributed by atoms with Crippen molar-refractivity contribution in [2.24, 2.45) is 0 Å². The van der Waals surface area contributed by atoms with Crippen molar-refractivity contribution in [3.8, 4) is 5.75 Å². The summed E-state index contributed by atoms with van der Waals surface area (Å²) in [5.41, 5.74) is 1.15. The molecule has 0 spiro atoms. The number of halogens is 1. The van der Waals surface area contributed by atoms with Crippen LogP contribution in [0.5, 0.6) is 5.75 Å². The number of methoxy groups -OCH3 is 1. The lowest BCUT2D eigenvalue weighted by Crippen LogP contribution is -2.32. The number of carbonyl (C=O) groups excluding carboxylic acids is 1. The number of ether oxygens (including phenoxy) is 2. The van der Waals surface area contributed by atoms with E-state index < -0.39 is 5.97 Å². The molecule has 0 aliphatic heterocycles. The molecule has 0 saturated heterocycles. The molecule has 0 bridgehead atoms. The van der Waals surface area contributed by atoms with Gasteiger partial charge in [-0.2, -0.15) is 0 Å². The SMILES string of the molecule is COC(=O)c1cccc(NC(=S)NCCOc2ccccc2Cl)c1. The molecule has 0 aliphatic rings. The van der Waals surface area contributed by atoms with E-state index in [-0.39, 0.29) is 0 Å². The van der Waals surface area contributed by atoms with Gasteiger partial charge in [-0.15, -0.1) is 0 Å². The van der Waals surface area contributed by atoms with Gasteiger partial charge >= 0.3 is 5.97 Å². The summed E-state index contributed by atoms with van der Waals surface area (Å²) in [6.07, 6.45) is 0. The van der Waals surface area contributed by atoms with Gasteiger partial charge in [0.05, 0.1) is 24.2 Å². The Hall–Kier alpha value is -2.31. The highest BCUT2D eigenvalue weighted by Gasteiger charge is 2.06. The zero-order chi connectivity index (χ0) is 17.4. The van der Waals surface area contributed by atoms with E-state index in [1.807, 2.05) is 12.1 Å². The second-order valence-corrected chi connectivity index (χ2v) is 5.55. The first-order valence-corrected chi connectivity index (χ1v) is 7.99. The van der Waals surface area contributed by atoms with Gasteiger partial charge in [0, 0.05) is 5.69 Å². The van der Waals surface area contributed by atoms with E-state index in [0.29, 0.717) is 40.3 Å². The van der Waals surface area contributed by atoms with Crippen molar-refractivity contribution in [3.05, 3.63) is 59.1 Å². The lowest BCUT2D eigenvalue weighted by atomic mass is 10.2. The van der Waals surface area contributed by atoms with Crippen molar-refractivity contribution in [1.82, 2.24) is 5.32 Å². The number of para-hydroxylation sites is 1. The van der Waals surface area contributed by atoms with Crippen LogP contribution in [0.25, 0.3) is 0 Å². The molecule has 0 unspecified atom stereocenters. The molecule has 24 heavy (non-hydrogen) atoms. The predicted octanol–water partition coefficient (Wildman–Crippen LogP) is 3.49. The van der Waals surface area contributed by atoms with Crippen LogP contribution in [-0.4, -0.2) is 31.3 Å². The number of anilines is 1. The van der Waals surface area contributed by atoms with Crippen LogP contribution in [0, 0.1) is 0 Å². The van der Waals surface area contributed by atoms with E-state index in [4.69, 9.17) is 28.6 Å². The summed E-state index contributed by atoms with van der Waals surface area (Å²) >= 11 is 11.2. The summed E-state index contributed by atoms with van der Waals surface area (Å²) in [7, 11) is 1.34. The van der Waals surface area contributed by atoms with Crippen molar-refractivity contribution in [3.63, 3.8) is 0 Å². The number of rotatable bonds is 6. The summed E-state index contributed by atoms with van der Waals surface area (Å²) in [6.45, 7) is 0.918. The van der Waals surface area contributed by atoms with Crippen LogP contribution in [0.3, 0.4) is 0 Å². The molecule has 7 heteroatoms.